The molecule has 1 aromatic rings. The van der Waals surface area contributed by atoms with E-state index in [0.717, 1.165) is 31.4 Å². The molecular formula is C16H23FN2O2. The highest BCUT2D eigenvalue weighted by Gasteiger charge is 2.26. The molecule has 1 amide bonds. The lowest BCUT2D eigenvalue weighted by Crippen LogP contribution is -2.43. The molecule has 1 aliphatic rings. The summed E-state index contributed by atoms with van der Waals surface area (Å²) in [4.78, 5) is 14.0. The van der Waals surface area contributed by atoms with E-state index >= 15 is 0 Å². The Morgan fingerprint density at radius 1 is 1.38 bits per heavy atom. The lowest BCUT2D eigenvalue weighted by atomic mass is 9.85. The van der Waals surface area contributed by atoms with Gasteiger partial charge in [0.1, 0.15) is 5.82 Å². The third-order valence-electron chi connectivity index (χ3n) is 4.17. The standard InChI is InChI=1S/C16H23FN2O2/c1-19(2)12-7-8-13(14(17)9-12)16(21)18-15-6-4-3-5-11(15)10-20/h7-9,11,15,20H,3-6,10H2,1-2H3,(H,18,21). The van der Waals surface area contributed by atoms with Crippen LogP contribution < -0.4 is 10.2 Å². The van der Waals surface area contributed by atoms with Crippen molar-refractivity contribution in [3.8, 4) is 0 Å². The van der Waals surface area contributed by atoms with Gasteiger partial charge in [0.25, 0.3) is 5.91 Å². The number of nitrogens with one attached hydrogen (secondary N) is 1. The van der Waals surface area contributed by atoms with Crippen LogP contribution in [0, 0.1) is 11.7 Å². The topological polar surface area (TPSA) is 52.6 Å². The molecule has 0 radical (unpaired) electrons. The summed E-state index contributed by atoms with van der Waals surface area (Å²) in [6.45, 7) is 0.0625. The molecule has 0 spiro atoms. The monoisotopic (exact) mass is 294 g/mol. The molecule has 0 heterocycles. The van der Waals surface area contributed by atoms with Gasteiger partial charge in [0, 0.05) is 38.3 Å². The number of benzene rings is 1. The molecule has 2 atom stereocenters. The molecule has 0 aromatic heterocycles. The van der Waals surface area contributed by atoms with E-state index in [9.17, 15) is 14.3 Å². The van der Waals surface area contributed by atoms with Crippen molar-refractivity contribution < 1.29 is 14.3 Å². The highest BCUT2D eigenvalue weighted by molar-refractivity contribution is 5.95. The minimum absolute atomic E-state index is 0.0582. The largest absolute Gasteiger partial charge is 0.396 e. The summed E-state index contributed by atoms with van der Waals surface area (Å²) >= 11 is 0. The number of carbonyl (C=O) groups is 1. The number of halogens is 1. The van der Waals surface area contributed by atoms with Crippen LogP contribution in [-0.2, 0) is 0 Å². The van der Waals surface area contributed by atoms with Crippen LogP contribution in [0.1, 0.15) is 36.0 Å². The first-order valence-electron chi connectivity index (χ1n) is 7.41. The van der Waals surface area contributed by atoms with Crippen molar-refractivity contribution in [1.29, 1.82) is 0 Å². The predicted octanol–water partition coefficient (Wildman–Crippen LogP) is 2.17. The zero-order valence-corrected chi connectivity index (χ0v) is 12.6. The molecule has 0 aliphatic heterocycles. The summed E-state index contributed by atoms with van der Waals surface area (Å²) in [6.07, 6.45) is 3.85. The highest BCUT2D eigenvalue weighted by atomic mass is 19.1. The first-order valence-corrected chi connectivity index (χ1v) is 7.41. The number of rotatable bonds is 4. The van der Waals surface area contributed by atoms with Crippen molar-refractivity contribution >= 4 is 11.6 Å². The molecule has 21 heavy (non-hydrogen) atoms. The van der Waals surface area contributed by atoms with Crippen LogP contribution in [0.4, 0.5) is 10.1 Å². The summed E-state index contributed by atoms with van der Waals surface area (Å²) in [5.74, 6) is -0.843. The summed E-state index contributed by atoms with van der Waals surface area (Å²) < 4.78 is 14.1. The molecule has 116 valence electrons. The minimum atomic E-state index is -0.518. The highest BCUT2D eigenvalue weighted by Crippen LogP contribution is 2.25. The van der Waals surface area contributed by atoms with E-state index in [0.29, 0.717) is 0 Å². The third kappa shape index (κ3) is 3.73. The number of nitrogens with zero attached hydrogens (tertiary/aromatic N) is 1. The van der Waals surface area contributed by atoms with E-state index in [2.05, 4.69) is 5.32 Å². The van der Waals surface area contributed by atoms with Crippen molar-refractivity contribution in [3.05, 3.63) is 29.6 Å². The lowest BCUT2D eigenvalue weighted by molar-refractivity contribution is 0.0868. The zero-order chi connectivity index (χ0) is 15.4. The van der Waals surface area contributed by atoms with Crippen molar-refractivity contribution in [2.45, 2.75) is 31.7 Å². The second-order valence-corrected chi connectivity index (χ2v) is 5.87. The number of aliphatic hydroxyl groups excluding tert-OH is 1. The summed E-state index contributed by atoms with van der Waals surface area (Å²) in [5, 5.41) is 12.2. The zero-order valence-electron chi connectivity index (χ0n) is 12.6. The Bertz CT molecular complexity index is 505. The second-order valence-electron chi connectivity index (χ2n) is 5.87. The van der Waals surface area contributed by atoms with E-state index < -0.39 is 11.7 Å². The number of anilines is 1. The molecule has 0 bridgehead atoms. The maximum atomic E-state index is 14.1. The molecule has 5 heteroatoms. The molecule has 1 aliphatic carbocycles. The predicted molar refractivity (Wildman–Crippen MR) is 81.0 cm³/mol. The van der Waals surface area contributed by atoms with E-state index in [-0.39, 0.29) is 24.1 Å². The van der Waals surface area contributed by atoms with Gasteiger partial charge >= 0.3 is 0 Å². The number of carbonyl (C=O) groups excluding carboxylic acids is 1. The molecule has 0 saturated heterocycles. The molecule has 1 saturated carbocycles. The Labute approximate surface area is 125 Å². The van der Waals surface area contributed by atoms with Crippen LogP contribution in [0.15, 0.2) is 18.2 Å². The first kappa shape index (κ1) is 15.8. The molecular weight excluding hydrogens is 271 g/mol. The van der Waals surface area contributed by atoms with Crippen LogP contribution in [-0.4, -0.2) is 37.8 Å². The second kappa shape index (κ2) is 6.89. The average molecular weight is 294 g/mol. The first-order chi connectivity index (χ1) is 10.0. The molecule has 2 unspecified atom stereocenters. The normalized spacial score (nSPS) is 21.9. The van der Waals surface area contributed by atoms with Crippen LogP contribution >= 0.6 is 0 Å². The Kier molecular flexibility index (Phi) is 5.17. The van der Waals surface area contributed by atoms with Crippen LogP contribution in [0.25, 0.3) is 0 Å². The fraction of sp³-hybridized carbons (Fsp3) is 0.562. The number of aliphatic hydroxyl groups is 1. The summed E-state index contributed by atoms with van der Waals surface area (Å²) in [7, 11) is 3.64. The third-order valence-corrected chi connectivity index (χ3v) is 4.17. The van der Waals surface area contributed by atoms with Gasteiger partial charge in [0.05, 0.1) is 5.56 Å². The number of hydrogen-bond acceptors (Lipinski definition) is 3. The Morgan fingerprint density at radius 3 is 2.71 bits per heavy atom. The molecule has 1 aromatic carbocycles. The van der Waals surface area contributed by atoms with Crippen molar-refractivity contribution in [3.63, 3.8) is 0 Å². The average Bonchev–Trinajstić information content (AvgIpc) is 2.47. The molecule has 2 rings (SSSR count). The van der Waals surface area contributed by atoms with E-state index in [4.69, 9.17) is 0 Å². The van der Waals surface area contributed by atoms with Gasteiger partial charge in [-0.3, -0.25) is 4.79 Å². The summed E-state index contributed by atoms with van der Waals surface area (Å²) in [5.41, 5.74) is 0.776. The SMILES string of the molecule is CN(C)c1ccc(C(=O)NC2CCCCC2CO)c(F)c1. The van der Waals surface area contributed by atoms with Gasteiger partial charge in [-0.2, -0.15) is 0 Å². The minimum Gasteiger partial charge on any atom is -0.396 e. The quantitative estimate of drug-likeness (QED) is 0.895. The van der Waals surface area contributed by atoms with Gasteiger partial charge in [-0.25, -0.2) is 4.39 Å². The Balaban J connectivity index is 2.09. The van der Waals surface area contributed by atoms with Gasteiger partial charge in [-0.15, -0.1) is 0 Å². The van der Waals surface area contributed by atoms with E-state index in [1.165, 1.54) is 12.1 Å². The number of amides is 1. The molecule has 1 fully saturated rings. The Morgan fingerprint density at radius 2 is 2.10 bits per heavy atom. The molecule has 4 nitrogen and oxygen atoms in total. The maximum absolute atomic E-state index is 14.1. The van der Waals surface area contributed by atoms with Crippen LogP contribution in [0.3, 0.4) is 0 Å². The van der Waals surface area contributed by atoms with Gasteiger partial charge in [0.15, 0.2) is 0 Å². The van der Waals surface area contributed by atoms with Crippen LogP contribution in [0.5, 0.6) is 0 Å². The molecule has 2 N–H and O–H groups in total. The van der Waals surface area contributed by atoms with Gasteiger partial charge in [-0.1, -0.05) is 12.8 Å². The summed E-state index contributed by atoms with van der Waals surface area (Å²) in [6, 6.07) is 4.53. The smallest absolute Gasteiger partial charge is 0.254 e. The van der Waals surface area contributed by atoms with Gasteiger partial charge in [0.2, 0.25) is 0 Å². The van der Waals surface area contributed by atoms with Crippen LogP contribution in [0.2, 0.25) is 0 Å². The van der Waals surface area contributed by atoms with Crippen molar-refractivity contribution in [1.82, 2.24) is 5.32 Å². The van der Waals surface area contributed by atoms with E-state index in [1.807, 2.05) is 14.1 Å². The fourth-order valence-corrected chi connectivity index (χ4v) is 2.83. The van der Waals surface area contributed by atoms with Crippen molar-refractivity contribution in [2.24, 2.45) is 5.92 Å². The van der Waals surface area contributed by atoms with E-state index in [1.54, 1.807) is 11.0 Å². The maximum Gasteiger partial charge on any atom is 0.254 e. The fourth-order valence-electron chi connectivity index (χ4n) is 2.83. The number of hydrogen-bond donors (Lipinski definition) is 2. The lowest BCUT2D eigenvalue weighted by Gasteiger charge is -2.30. The van der Waals surface area contributed by atoms with Gasteiger partial charge < -0.3 is 15.3 Å². The van der Waals surface area contributed by atoms with Gasteiger partial charge in [-0.05, 0) is 31.0 Å². The Hall–Kier alpha value is -1.62. The van der Waals surface area contributed by atoms with Crippen molar-refractivity contribution in [2.75, 3.05) is 25.6 Å².